The third-order valence-corrected chi connectivity index (χ3v) is 4.81. The summed E-state index contributed by atoms with van der Waals surface area (Å²) in [6.45, 7) is 3.54. The zero-order chi connectivity index (χ0) is 19.2. The average Bonchev–Trinajstić information content (AvgIpc) is 2.66. The molecule has 0 aliphatic rings. The lowest BCUT2D eigenvalue weighted by molar-refractivity contribution is 0.0600. The standard InChI is InChI=1S/C18H18N2O5S/c1-3-11-19-26(23,24)16-6-4-5-14(12-16)17(21)20-15-9-7-13(8-10-15)18(22)25-2/h3-10,12,19H,1,11H2,2H3,(H,20,21). The average molecular weight is 374 g/mol. The molecule has 7 nitrogen and oxygen atoms in total. The van der Waals surface area contributed by atoms with Crippen LogP contribution in [0.4, 0.5) is 5.69 Å². The topological polar surface area (TPSA) is 102 Å². The number of nitrogens with one attached hydrogen (secondary N) is 2. The Morgan fingerprint density at radius 1 is 1.12 bits per heavy atom. The predicted octanol–water partition coefficient (Wildman–Crippen LogP) is 2.19. The molecular weight excluding hydrogens is 356 g/mol. The number of carbonyl (C=O) groups is 2. The van der Waals surface area contributed by atoms with Gasteiger partial charge in [0.05, 0.1) is 17.6 Å². The summed E-state index contributed by atoms with van der Waals surface area (Å²) in [5, 5.41) is 2.64. The molecule has 0 unspecified atom stereocenters. The van der Waals surface area contributed by atoms with Crippen molar-refractivity contribution in [2.75, 3.05) is 19.0 Å². The molecule has 0 aromatic heterocycles. The molecule has 2 aromatic rings. The zero-order valence-electron chi connectivity index (χ0n) is 14.1. The number of methoxy groups -OCH3 is 1. The first-order chi connectivity index (χ1) is 12.4. The number of sulfonamides is 1. The van der Waals surface area contributed by atoms with Crippen LogP contribution in [0.15, 0.2) is 66.1 Å². The van der Waals surface area contributed by atoms with Gasteiger partial charge in [0, 0.05) is 17.8 Å². The Hall–Kier alpha value is -2.97. The third kappa shape index (κ3) is 4.78. The number of hydrogen-bond acceptors (Lipinski definition) is 5. The largest absolute Gasteiger partial charge is 0.465 e. The van der Waals surface area contributed by atoms with Gasteiger partial charge in [-0.1, -0.05) is 12.1 Å². The van der Waals surface area contributed by atoms with Crippen molar-refractivity contribution >= 4 is 27.6 Å². The van der Waals surface area contributed by atoms with E-state index in [9.17, 15) is 18.0 Å². The van der Waals surface area contributed by atoms with Gasteiger partial charge in [0.15, 0.2) is 0 Å². The van der Waals surface area contributed by atoms with Crippen LogP contribution in [0.2, 0.25) is 0 Å². The molecule has 2 N–H and O–H groups in total. The first-order valence-corrected chi connectivity index (χ1v) is 9.06. The second kappa shape index (κ2) is 8.41. The van der Waals surface area contributed by atoms with Crippen LogP contribution in [-0.4, -0.2) is 33.9 Å². The summed E-state index contributed by atoms with van der Waals surface area (Å²) in [7, 11) is -2.44. The van der Waals surface area contributed by atoms with Gasteiger partial charge in [0.2, 0.25) is 10.0 Å². The molecule has 1 amide bonds. The molecule has 0 saturated heterocycles. The number of anilines is 1. The van der Waals surface area contributed by atoms with Crippen molar-refractivity contribution < 1.29 is 22.7 Å². The number of carbonyl (C=O) groups excluding carboxylic acids is 2. The Bertz CT molecular complexity index is 921. The zero-order valence-corrected chi connectivity index (χ0v) is 14.9. The molecule has 26 heavy (non-hydrogen) atoms. The van der Waals surface area contributed by atoms with E-state index >= 15 is 0 Å². The minimum Gasteiger partial charge on any atom is -0.465 e. The first kappa shape index (κ1) is 19.4. The van der Waals surface area contributed by atoms with Crippen LogP contribution in [0.25, 0.3) is 0 Å². The molecule has 0 aliphatic carbocycles. The molecular formula is C18H18N2O5S. The van der Waals surface area contributed by atoms with Gasteiger partial charge >= 0.3 is 5.97 Å². The fraction of sp³-hybridized carbons (Fsp3) is 0.111. The molecule has 136 valence electrons. The molecule has 0 atom stereocenters. The maximum Gasteiger partial charge on any atom is 0.337 e. The normalized spacial score (nSPS) is 10.8. The van der Waals surface area contributed by atoms with Gasteiger partial charge in [-0.25, -0.2) is 17.9 Å². The van der Waals surface area contributed by atoms with Crippen LogP contribution in [-0.2, 0) is 14.8 Å². The lowest BCUT2D eigenvalue weighted by atomic mass is 10.2. The van der Waals surface area contributed by atoms with Crippen molar-refractivity contribution in [3.63, 3.8) is 0 Å². The second-order valence-corrected chi connectivity index (χ2v) is 6.96. The lowest BCUT2D eigenvalue weighted by Crippen LogP contribution is -2.24. The van der Waals surface area contributed by atoms with Crippen molar-refractivity contribution in [3.8, 4) is 0 Å². The third-order valence-electron chi connectivity index (χ3n) is 3.39. The van der Waals surface area contributed by atoms with E-state index in [2.05, 4.69) is 21.4 Å². The Labute approximate surface area is 151 Å². The summed E-state index contributed by atoms with van der Waals surface area (Å²) in [5.41, 5.74) is 0.996. The van der Waals surface area contributed by atoms with Gasteiger partial charge in [-0.05, 0) is 42.5 Å². The van der Waals surface area contributed by atoms with Crippen LogP contribution in [0.3, 0.4) is 0 Å². The van der Waals surface area contributed by atoms with Gasteiger partial charge in [0.25, 0.3) is 5.91 Å². The molecule has 8 heteroatoms. The van der Waals surface area contributed by atoms with Crippen molar-refractivity contribution in [2.24, 2.45) is 0 Å². The number of ether oxygens (including phenoxy) is 1. The van der Waals surface area contributed by atoms with Crippen LogP contribution < -0.4 is 10.0 Å². The number of rotatable bonds is 7. The van der Waals surface area contributed by atoms with Crippen molar-refractivity contribution in [2.45, 2.75) is 4.90 Å². The summed E-state index contributed by atoms with van der Waals surface area (Å²) in [4.78, 5) is 23.7. The molecule has 0 saturated carbocycles. The van der Waals surface area contributed by atoms with Crippen LogP contribution >= 0.6 is 0 Å². The Morgan fingerprint density at radius 2 is 1.81 bits per heavy atom. The quantitative estimate of drug-likeness (QED) is 0.571. The maximum atomic E-state index is 12.3. The minimum absolute atomic E-state index is 0.0203. The Morgan fingerprint density at radius 3 is 2.42 bits per heavy atom. The smallest absolute Gasteiger partial charge is 0.337 e. The second-order valence-electron chi connectivity index (χ2n) is 5.19. The van der Waals surface area contributed by atoms with E-state index in [0.29, 0.717) is 11.3 Å². The lowest BCUT2D eigenvalue weighted by Gasteiger charge is -2.08. The van der Waals surface area contributed by atoms with E-state index < -0.39 is 21.9 Å². The van der Waals surface area contributed by atoms with E-state index in [0.717, 1.165) is 0 Å². The SMILES string of the molecule is C=CCNS(=O)(=O)c1cccc(C(=O)Nc2ccc(C(=O)OC)cc2)c1. The van der Waals surface area contributed by atoms with Crippen molar-refractivity contribution in [3.05, 3.63) is 72.3 Å². The van der Waals surface area contributed by atoms with E-state index in [4.69, 9.17) is 0 Å². The Balaban J connectivity index is 2.16. The van der Waals surface area contributed by atoms with Gasteiger partial charge in [-0.15, -0.1) is 6.58 Å². The van der Waals surface area contributed by atoms with Crippen LogP contribution in [0, 0.1) is 0 Å². The van der Waals surface area contributed by atoms with E-state index in [1.54, 1.807) is 12.1 Å². The number of benzene rings is 2. The highest BCUT2D eigenvalue weighted by molar-refractivity contribution is 7.89. The van der Waals surface area contributed by atoms with Crippen LogP contribution in [0.5, 0.6) is 0 Å². The van der Waals surface area contributed by atoms with Crippen LogP contribution in [0.1, 0.15) is 20.7 Å². The number of amides is 1. The fourth-order valence-corrected chi connectivity index (χ4v) is 3.11. The van der Waals surface area contributed by atoms with E-state index in [-0.39, 0.29) is 17.0 Å². The molecule has 0 bridgehead atoms. The molecule has 0 heterocycles. The van der Waals surface area contributed by atoms with E-state index in [1.807, 2.05) is 0 Å². The summed E-state index contributed by atoms with van der Waals surface area (Å²) in [6, 6.07) is 11.8. The van der Waals surface area contributed by atoms with Crippen molar-refractivity contribution in [1.82, 2.24) is 4.72 Å². The van der Waals surface area contributed by atoms with Gasteiger partial charge in [-0.2, -0.15) is 0 Å². The molecule has 0 fully saturated rings. The highest BCUT2D eigenvalue weighted by atomic mass is 32.2. The number of esters is 1. The minimum atomic E-state index is -3.72. The molecule has 2 rings (SSSR count). The molecule has 2 aromatic carbocycles. The van der Waals surface area contributed by atoms with Gasteiger partial charge in [-0.3, -0.25) is 4.79 Å². The summed E-state index contributed by atoms with van der Waals surface area (Å²) < 4.78 is 31.2. The summed E-state index contributed by atoms with van der Waals surface area (Å²) in [6.07, 6.45) is 1.42. The highest BCUT2D eigenvalue weighted by Gasteiger charge is 2.15. The fourth-order valence-electron chi connectivity index (χ4n) is 2.07. The maximum absolute atomic E-state index is 12.3. The Kier molecular flexibility index (Phi) is 6.26. The summed E-state index contributed by atoms with van der Waals surface area (Å²) >= 11 is 0. The molecule has 0 aliphatic heterocycles. The van der Waals surface area contributed by atoms with Crippen molar-refractivity contribution in [1.29, 1.82) is 0 Å². The summed E-state index contributed by atoms with van der Waals surface area (Å²) in [5.74, 6) is -0.954. The molecule has 0 radical (unpaired) electrons. The number of hydrogen-bond donors (Lipinski definition) is 2. The molecule has 0 spiro atoms. The van der Waals surface area contributed by atoms with Gasteiger partial charge < -0.3 is 10.1 Å². The monoisotopic (exact) mass is 374 g/mol. The predicted molar refractivity (Wildman–Crippen MR) is 97.6 cm³/mol. The van der Waals surface area contributed by atoms with Gasteiger partial charge in [0.1, 0.15) is 0 Å². The van der Waals surface area contributed by atoms with E-state index in [1.165, 1.54) is 49.6 Å². The first-order valence-electron chi connectivity index (χ1n) is 7.57. The highest BCUT2D eigenvalue weighted by Crippen LogP contribution is 2.15.